The number of hydrogen-bond donors (Lipinski definition) is 2. The zero-order chi connectivity index (χ0) is 17.6. The maximum atomic E-state index is 12.2. The standard InChI is InChI=1S/C20H25N3O2.2ClH/c1-15(23-10-12-25-13-11-23)17-4-8-19(9-5-17)22-20(24)14-16-2-6-18(21)7-3-16;;/h2-9,15H,10-14,21H2,1H3,(H,22,24);2*1H. The molecule has 0 bridgehead atoms. The molecule has 2 aromatic carbocycles. The minimum Gasteiger partial charge on any atom is -0.399 e. The maximum absolute atomic E-state index is 12.2. The van der Waals surface area contributed by atoms with Crippen LogP contribution in [0.25, 0.3) is 0 Å². The van der Waals surface area contributed by atoms with Crippen molar-refractivity contribution >= 4 is 42.1 Å². The first-order valence-corrected chi connectivity index (χ1v) is 8.68. The fraction of sp³-hybridized carbons (Fsp3) is 0.350. The Morgan fingerprint density at radius 3 is 2.26 bits per heavy atom. The Morgan fingerprint density at radius 1 is 1.07 bits per heavy atom. The fourth-order valence-electron chi connectivity index (χ4n) is 3.05. The van der Waals surface area contributed by atoms with E-state index in [1.807, 2.05) is 36.4 Å². The highest BCUT2D eigenvalue weighted by Crippen LogP contribution is 2.22. The summed E-state index contributed by atoms with van der Waals surface area (Å²) in [7, 11) is 0. The summed E-state index contributed by atoms with van der Waals surface area (Å²) >= 11 is 0. The van der Waals surface area contributed by atoms with Crippen LogP contribution in [0.5, 0.6) is 0 Å². The van der Waals surface area contributed by atoms with Crippen LogP contribution < -0.4 is 11.1 Å². The van der Waals surface area contributed by atoms with Gasteiger partial charge < -0.3 is 15.8 Å². The summed E-state index contributed by atoms with van der Waals surface area (Å²) in [5.41, 5.74) is 9.38. The number of nitrogens with zero attached hydrogens (tertiary/aromatic N) is 1. The van der Waals surface area contributed by atoms with E-state index in [1.165, 1.54) is 5.56 Å². The number of nitrogen functional groups attached to an aromatic ring is 1. The van der Waals surface area contributed by atoms with Crippen LogP contribution in [0.1, 0.15) is 24.1 Å². The lowest BCUT2D eigenvalue weighted by atomic mass is 10.1. The molecule has 1 aliphatic rings. The normalized spacial score (nSPS) is 15.1. The summed E-state index contributed by atoms with van der Waals surface area (Å²) in [6.45, 7) is 5.72. The van der Waals surface area contributed by atoms with Crippen molar-refractivity contribution in [3.05, 3.63) is 59.7 Å². The Hall–Kier alpha value is -1.79. The number of carbonyl (C=O) groups excluding carboxylic acids is 1. The summed E-state index contributed by atoms with van der Waals surface area (Å²) in [6, 6.07) is 15.8. The van der Waals surface area contributed by atoms with Gasteiger partial charge in [-0.25, -0.2) is 0 Å². The van der Waals surface area contributed by atoms with Gasteiger partial charge in [0.05, 0.1) is 19.6 Å². The third-order valence-corrected chi connectivity index (χ3v) is 4.61. The van der Waals surface area contributed by atoms with Crippen LogP contribution >= 0.6 is 24.8 Å². The number of morpholine rings is 1. The molecule has 1 heterocycles. The smallest absolute Gasteiger partial charge is 0.228 e. The molecule has 1 saturated heterocycles. The highest BCUT2D eigenvalue weighted by molar-refractivity contribution is 5.92. The number of benzene rings is 2. The molecule has 1 aliphatic heterocycles. The summed E-state index contributed by atoms with van der Waals surface area (Å²) in [4.78, 5) is 14.6. The van der Waals surface area contributed by atoms with Crippen molar-refractivity contribution in [2.75, 3.05) is 37.4 Å². The summed E-state index contributed by atoms with van der Waals surface area (Å²) in [5, 5.41) is 2.95. The molecule has 0 aromatic heterocycles. The number of nitrogens with two attached hydrogens (primary N) is 1. The van der Waals surface area contributed by atoms with E-state index < -0.39 is 0 Å². The lowest BCUT2D eigenvalue weighted by Gasteiger charge is -2.32. The lowest BCUT2D eigenvalue weighted by molar-refractivity contribution is -0.115. The van der Waals surface area contributed by atoms with Crippen LogP contribution in [0, 0.1) is 0 Å². The van der Waals surface area contributed by atoms with Crippen molar-refractivity contribution in [3.63, 3.8) is 0 Å². The van der Waals surface area contributed by atoms with Gasteiger partial charge in [0.1, 0.15) is 0 Å². The van der Waals surface area contributed by atoms with Crippen molar-refractivity contribution in [1.82, 2.24) is 4.90 Å². The van der Waals surface area contributed by atoms with E-state index in [1.54, 1.807) is 0 Å². The zero-order valence-electron chi connectivity index (χ0n) is 15.4. The van der Waals surface area contributed by atoms with Crippen LogP contribution in [0.2, 0.25) is 0 Å². The van der Waals surface area contributed by atoms with Gasteiger partial charge >= 0.3 is 0 Å². The Balaban J connectivity index is 0.00000182. The summed E-state index contributed by atoms with van der Waals surface area (Å²) in [5.74, 6) is -0.0289. The molecule has 0 saturated carbocycles. The first-order chi connectivity index (χ1) is 12.1. The third-order valence-electron chi connectivity index (χ3n) is 4.61. The number of nitrogens with one attached hydrogen (secondary N) is 1. The van der Waals surface area contributed by atoms with E-state index in [9.17, 15) is 4.79 Å². The van der Waals surface area contributed by atoms with Gasteiger partial charge in [0.15, 0.2) is 0 Å². The molecular weight excluding hydrogens is 385 g/mol. The zero-order valence-corrected chi connectivity index (χ0v) is 17.0. The quantitative estimate of drug-likeness (QED) is 0.736. The number of carbonyl (C=O) groups is 1. The molecule has 2 aromatic rings. The van der Waals surface area contributed by atoms with Gasteiger partial charge in [-0.2, -0.15) is 0 Å². The number of halogens is 2. The second-order valence-corrected chi connectivity index (χ2v) is 6.41. The molecule has 1 atom stereocenters. The van der Waals surface area contributed by atoms with E-state index in [0.717, 1.165) is 37.6 Å². The molecule has 7 heteroatoms. The van der Waals surface area contributed by atoms with Crippen molar-refractivity contribution < 1.29 is 9.53 Å². The molecule has 1 fully saturated rings. The average molecular weight is 412 g/mol. The first kappa shape index (κ1) is 23.2. The molecule has 3 N–H and O–H groups in total. The topological polar surface area (TPSA) is 67.6 Å². The molecule has 0 radical (unpaired) electrons. The van der Waals surface area contributed by atoms with Crippen LogP contribution in [0.3, 0.4) is 0 Å². The largest absolute Gasteiger partial charge is 0.399 e. The van der Waals surface area contributed by atoms with Gasteiger partial charge in [0.25, 0.3) is 0 Å². The van der Waals surface area contributed by atoms with Gasteiger partial charge in [-0.1, -0.05) is 24.3 Å². The van der Waals surface area contributed by atoms with Crippen LogP contribution in [-0.2, 0) is 16.0 Å². The van der Waals surface area contributed by atoms with Gasteiger partial charge in [-0.15, -0.1) is 24.8 Å². The van der Waals surface area contributed by atoms with Crippen LogP contribution in [0.4, 0.5) is 11.4 Å². The molecule has 3 rings (SSSR count). The molecule has 1 amide bonds. The molecule has 27 heavy (non-hydrogen) atoms. The maximum Gasteiger partial charge on any atom is 0.228 e. The predicted molar refractivity (Wildman–Crippen MR) is 115 cm³/mol. The Kier molecular flexibility index (Phi) is 9.60. The van der Waals surface area contributed by atoms with Gasteiger partial charge in [-0.05, 0) is 42.3 Å². The molecule has 148 valence electrons. The lowest BCUT2D eigenvalue weighted by Crippen LogP contribution is -2.37. The van der Waals surface area contributed by atoms with Crippen molar-refractivity contribution in [1.29, 1.82) is 0 Å². The molecule has 0 spiro atoms. The number of ether oxygens (including phenoxy) is 1. The Labute approximate surface area is 173 Å². The SMILES string of the molecule is CC(c1ccc(NC(=O)Cc2ccc(N)cc2)cc1)N1CCOCC1.Cl.Cl. The second kappa shape index (κ2) is 11.1. The van der Waals surface area contributed by atoms with Crippen molar-refractivity contribution in [3.8, 4) is 0 Å². The number of hydrogen-bond acceptors (Lipinski definition) is 4. The van der Waals surface area contributed by atoms with Crippen LogP contribution in [0.15, 0.2) is 48.5 Å². The minimum absolute atomic E-state index is 0. The van der Waals surface area contributed by atoms with E-state index >= 15 is 0 Å². The molecular formula is C20H27Cl2N3O2. The van der Waals surface area contributed by atoms with Crippen molar-refractivity contribution in [2.45, 2.75) is 19.4 Å². The van der Waals surface area contributed by atoms with Gasteiger partial charge in [0, 0.05) is 30.5 Å². The minimum atomic E-state index is -0.0289. The van der Waals surface area contributed by atoms with Gasteiger partial charge in [-0.3, -0.25) is 9.69 Å². The fourth-order valence-corrected chi connectivity index (χ4v) is 3.05. The van der Waals surface area contributed by atoms with E-state index in [4.69, 9.17) is 10.5 Å². The monoisotopic (exact) mass is 411 g/mol. The summed E-state index contributed by atoms with van der Waals surface area (Å²) in [6.07, 6.45) is 0.339. The second-order valence-electron chi connectivity index (χ2n) is 6.41. The third kappa shape index (κ3) is 6.70. The average Bonchev–Trinajstić information content (AvgIpc) is 2.64. The number of amides is 1. The molecule has 1 unspecified atom stereocenters. The number of anilines is 2. The molecule has 0 aliphatic carbocycles. The highest BCUT2D eigenvalue weighted by Gasteiger charge is 2.18. The molecule has 5 nitrogen and oxygen atoms in total. The van der Waals surface area contributed by atoms with Gasteiger partial charge in [0.2, 0.25) is 5.91 Å². The van der Waals surface area contributed by atoms with Crippen LogP contribution in [-0.4, -0.2) is 37.1 Å². The van der Waals surface area contributed by atoms with E-state index in [0.29, 0.717) is 18.2 Å². The van der Waals surface area contributed by atoms with Crippen molar-refractivity contribution in [2.24, 2.45) is 0 Å². The van der Waals surface area contributed by atoms with E-state index in [2.05, 4.69) is 29.3 Å². The first-order valence-electron chi connectivity index (χ1n) is 8.68. The Morgan fingerprint density at radius 2 is 1.67 bits per heavy atom. The number of rotatable bonds is 5. The summed E-state index contributed by atoms with van der Waals surface area (Å²) < 4.78 is 5.41. The Bertz CT molecular complexity index is 702. The predicted octanol–water partition coefficient (Wildman–Crippen LogP) is 3.69. The van der Waals surface area contributed by atoms with E-state index in [-0.39, 0.29) is 30.7 Å². The highest BCUT2D eigenvalue weighted by atomic mass is 35.5.